The van der Waals surface area contributed by atoms with Crippen LogP contribution >= 0.6 is 0 Å². The van der Waals surface area contributed by atoms with Crippen LogP contribution in [0.4, 0.5) is 0 Å². The van der Waals surface area contributed by atoms with E-state index < -0.39 is 23.9 Å². The van der Waals surface area contributed by atoms with Crippen LogP contribution in [0.15, 0.2) is 0 Å². The average Bonchev–Trinajstić information content (AvgIpc) is 2.50. The van der Waals surface area contributed by atoms with Gasteiger partial charge in [-0.3, -0.25) is 9.59 Å². The van der Waals surface area contributed by atoms with E-state index in [4.69, 9.17) is 15.9 Å². The van der Waals surface area contributed by atoms with Gasteiger partial charge in [0.1, 0.15) is 6.04 Å². The Hall–Kier alpha value is -1.10. The van der Waals surface area contributed by atoms with Gasteiger partial charge in [0.05, 0.1) is 5.92 Å². The molecule has 0 aliphatic heterocycles. The van der Waals surface area contributed by atoms with Crippen molar-refractivity contribution in [3.05, 3.63) is 0 Å². The summed E-state index contributed by atoms with van der Waals surface area (Å²) in [5, 5.41) is 17.3. The highest BCUT2D eigenvalue weighted by atomic mass is 16.4. The lowest BCUT2D eigenvalue weighted by atomic mass is 9.97. The molecule has 1 saturated carbocycles. The molecule has 0 heterocycles. The minimum absolute atomic E-state index is 0.182. The Bertz CT molecular complexity index is 228. The Morgan fingerprint density at radius 2 is 1.92 bits per heavy atom. The molecule has 1 aliphatic carbocycles. The van der Waals surface area contributed by atoms with E-state index in [2.05, 4.69) is 0 Å². The molecule has 0 aromatic carbocycles. The second-order valence-corrected chi connectivity index (χ2v) is 3.47. The summed E-state index contributed by atoms with van der Waals surface area (Å²) in [6.45, 7) is 0. The first-order valence-electron chi connectivity index (χ1n) is 4.23. The van der Waals surface area contributed by atoms with Crippen LogP contribution in [-0.4, -0.2) is 28.2 Å². The molecule has 0 bridgehead atoms. The third kappa shape index (κ3) is 2.18. The second kappa shape index (κ2) is 3.74. The zero-order chi connectivity index (χ0) is 10.0. The van der Waals surface area contributed by atoms with Crippen molar-refractivity contribution in [2.24, 2.45) is 17.6 Å². The minimum atomic E-state index is -1.05. The highest BCUT2D eigenvalue weighted by Crippen LogP contribution is 2.32. The van der Waals surface area contributed by atoms with Crippen LogP contribution < -0.4 is 5.73 Å². The van der Waals surface area contributed by atoms with E-state index in [0.717, 1.165) is 0 Å². The molecule has 5 nitrogen and oxygen atoms in total. The van der Waals surface area contributed by atoms with Crippen LogP contribution in [0.2, 0.25) is 0 Å². The molecule has 3 atom stereocenters. The maximum absolute atomic E-state index is 10.6. The van der Waals surface area contributed by atoms with Crippen molar-refractivity contribution in [3.8, 4) is 0 Å². The third-order valence-electron chi connectivity index (χ3n) is 2.62. The predicted molar refractivity (Wildman–Crippen MR) is 44.1 cm³/mol. The van der Waals surface area contributed by atoms with Crippen molar-refractivity contribution in [2.45, 2.75) is 25.3 Å². The normalized spacial score (nSPS) is 29.9. The van der Waals surface area contributed by atoms with Crippen molar-refractivity contribution in [1.29, 1.82) is 0 Å². The monoisotopic (exact) mass is 187 g/mol. The lowest BCUT2D eigenvalue weighted by Crippen LogP contribution is -2.37. The van der Waals surface area contributed by atoms with E-state index in [-0.39, 0.29) is 5.92 Å². The van der Waals surface area contributed by atoms with Crippen molar-refractivity contribution >= 4 is 11.9 Å². The van der Waals surface area contributed by atoms with Gasteiger partial charge in [-0.1, -0.05) is 0 Å². The first-order valence-corrected chi connectivity index (χ1v) is 4.23. The second-order valence-electron chi connectivity index (χ2n) is 3.47. The zero-order valence-corrected chi connectivity index (χ0v) is 7.14. The first-order chi connectivity index (χ1) is 6.02. The van der Waals surface area contributed by atoms with Crippen LogP contribution in [0.3, 0.4) is 0 Å². The van der Waals surface area contributed by atoms with E-state index in [9.17, 15) is 9.59 Å². The summed E-state index contributed by atoms with van der Waals surface area (Å²) >= 11 is 0. The maximum atomic E-state index is 10.6. The lowest BCUT2D eigenvalue weighted by Gasteiger charge is -2.13. The number of rotatable bonds is 3. The Kier molecular flexibility index (Phi) is 2.87. The number of carboxylic acid groups (broad SMARTS) is 2. The van der Waals surface area contributed by atoms with Gasteiger partial charge < -0.3 is 15.9 Å². The summed E-state index contributed by atoms with van der Waals surface area (Å²) in [4.78, 5) is 21.0. The van der Waals surface area contributed by atoms with E-state index in [1.54, 1.807) is 0 Å². The number of hydrogen-bond acceptors (Lipinski definition) is 3. The molecule has 0 radical (unpaired) electrons. The largest absolute Gasteiger partial charge is 0.481 e. The van der Waals surface area contributed by atoms with E-state index in [1.807, 2.05) is 0 Å². The number of carbonyl (C=O) groups is 2. The van der Waals surface area contributed by atoms with Gasteiger partial charge in [0, 0.05) is 0 Å². The lowest BCUT2D eigenvalue weighted by molar-refractivity contribution is -0.143. The Labute approximate surface area is 75.5 Å². The van der Waals surface area contributed by atoms with Gasteiger partial charge in [0.15, 0.2) is 0 Å². The van der Waals surface area contributed by atoms with Crippen molar-refractivity contribution in [3.63, 3.8) is 0 Å². The SMILES string of the molecule is N[C@H](C(=O)O)[C@@H]1CC[C@H](C(=O)O)C1. The molecule has 5 heteroatoms. The molecule has 0 spiro atoms. The maximum Gasteiger partial charge on any atom is 0.320 e. The summed E-state index contributed by atoms with van der Waals surface area (Å²) in [5.74, 6) is -2.48. The van der Waals surface area contributed by atoms with E-state index >= 15 is 0 Å². The molecule has 1 aliphatic rings. The average molecular weight is 187 g/mol. The van der Waals surface area contributed by atoms with Gasteiger partial charge in [-0.2, -0.15) is 0 Å². The van der Waals surface area contributed by atoms with Crippen LogP contribution in [0.25, 0.3) is 0 Å². The highest BCUT2D eigenvalue weighted by molar-refractivity contribution is 5.74. The number of nitrogens with two attached hydrogens (primary N) is 1. The zero-order valence-electron chi connectivity index (χ0n) is 7.14. The smallest absolute Gasteiger partial charge is 0.320 e. The molecular formula is C8H13NO4. The fourth-order valence-electron chi connectivity index (χ4n) is 1.77. The van der Waals surface area contributed by atoms with Crippen molar-refractivity contribution < 1.29 is 19.8 Å². The van der Waals surface area contributed by atoms with Gasteiger partial charge in [-0.25, -0.2) is 0 Å². The summed E-state index contributed by atoms with van der Waals surface area (Å²) in [6.07, 6.45) is 1.54. The summed E-state index contributed by atoms with van der Waals surface area (Å²) in [6, 6.07) is -0.913. The highest BCUT2D eigenvalue weighted by Gasteiger charge is 2.35. The van der Waals surface area contributed by atoms with E-state index in [0.29, 0.717) is 19.3 Å². The van der Waals surface area contributed by atoms with Crippen molar-refractivity contribution in [1.82, 2.24) is 0 Å². The number of carboxylic acids is 2. The van der Waals surface area contributed by atoms with Crippen LogP contribution in [0.1, 0.15) is 19.3 Å². The number of hydrogen-bond donors (Lipinski definition) is 3. The number of aliphatic carboxylic acids is 2. The van der Waals surface area contributed by atoms with Gasteiger partial charge in [0.2, 0.25) is 0 Å². The first kappa shape index (κ1) is 9.98. The predicted octanol–water partition coefficient (Wildman–Crippen LogP) is -0.101. The molecule has 0 aromatic heterocycles. The molecule has 13 heavy (non-hydrogen) atoms. The third-order valence-corrected chi connectivity index (χ3v) is 2.62. The van der Waals surface area contributed by atoms with Crippen LogP contribution in [0.5, 0.6) is 0 Å². The minimum Gasteiger partial charge on any atom is -0.481 e. The topological polar surface area (TPSA) is 101 Å². The fourth-order valence-corrected chi connectivity index (χ4v) is 1.77. The molecule has 0 unspecified atom stereocenters. The van der Waals surface area contributed by atoms with Gasteiger partial charge in [-0.05, 0) is 25.2 Å². The van der Waals surface area contributed by atoms with Gasteiger partial charge in [-0.15, -0.1) is 0 Å². The fraction of sp³-hybridized carbons (Fsp3) is 0.750. The molecule has 0 amide bonds. The van der Waals surface area contributed by atoms with E-state index in [1.165, 1.54) is 0 Å². The van der Waals surface area contributed by atoms with Crippen LogP contribution in [0, 0.1) is 11.8 Å². The summed E-state index contributed by atoms with van der Waals surface area (Å²) < 4.78 is 0. The summed E-state index contributed by atoms with van der Waals surface area (Å²) in [5.41, 5.74) is 5.39. The Morgan fingerprint density at radius 1 is 1.31 bits per heavy atom. The van der Waals surface area contributed by atoms with Gasteiger partial charge >= 0.3 is 11.9 Å². The molecular weight excluding hydrogens is 174 g/mol. The molecule has 0 saturated heterocycles. The quantitative estimate of drug-likeness (QED) is 0.572. The standard InChI is InChI=1S/C8H13NO4/c9-6(8(12)13)4-1-2-5(3-4)7(10)11/h4-6H,1-3,9H2,(H,10,11)(H,12,13)/t4-,5+,6+/m1/s1. The Morgan fingerprint density at radius 3 is 2.31 bits per heavy atom. The Balaban J connectivity index is 2.49. The van der Waals surface area contributed by atoms with Crippen LogP contribution in [-0.2, 0) is 9.59 Å². The molecule has 0 aromatic rings. The molecule has 4 N–H and O–H groups in total. The van der Waals surface area contributed by atoms with Crippen molar-refractivity contribution in [2.75, 3.05) is 0 Å². The molecule has 1 fully saturated rings. The molecule has 1 rings (SSSR count). The summed E-state index contributed by atoms with van der Waals surface area (Å²) in [7, 11) is 0. The van der Waals surface area contributed by atoms with Gasteiger partial charge in [0.25, 0.3) is 0 Å². The molecule has 74 valence electrons.